The number of aromatic nitrogens is 2. The van der Waals surface area contributed by atoms with Gasteiger partial charge in [-0.05, 0) is 48.1 Å². The van der Waals surface area contributed by atoms with Gasteiger partial charge >= 0.3 is 0 Å². The molecule has 0 saturated carbocycles. The van der Waals surface area contributed by atoms with Gasteiger partial charge in [0.15, 0.2) is 5.78 Å². The van der Waals surface area contributed by atoms with E-state index < -0.39 is 0 Å². The molecule has 1 amide bonds. The predicted molar refractivity (Wildman–Crippen MR) is 96.2 cm³/mol. The Hall–Kier alpha value is -2.80. The molecule has 3 heterocycles. The zero-order valence-corrected chi connectivity index (χ0v) is 14.1. The third-order valence-corrected chi connectivity index (χ3v) is 5.14. The van der Waals surface area contributed by atoms with Crippen LogP contribution in [0.25, 0.3) is 10.2 Å². The number of nitrogens with zero attached hydrogens (tertiary/aromatic N) is 2. The van der Waals surface area contributed by atoms with Gasteiger partial charge in [0.25, 0.3) is 5.56 Å². The molecule has 25 heavy (non-hydrogen) atoms. The summed E-state index contributed by atoms with van der Waals surface area (Å²) in [5.41, 5.74) is 2.04. The van der Waals surface area contributed by atoms with Crippen LogP contribution in [0, 0.1) is 0 Å². The van der Waals surface area contributed by atoms with Crippen LogP contribution in [0.1, 0.15) is 28.8 Å². The lowest BCUT2D eigenvalue weighted by Gasteiger charge is -2.09. The number of Topliss-reactive ketones (excluding diaryl/α,β-unsaturated/α-hetero) is 1. The minimum absolute atomic E-state index is 0.000446. The van der Waals surface area contributed by atoms with Crippen LogP contribution in [-0.4, -0.2) is 21.2 Å². The second-order valence-corrected chi connectivity index (χ2v) is 6.91. The van der Waals surface area contributed by atoms with Crippen molar-refractivity contribution in [1.29, 1.82) is 0 Å². The van der Waals surface area contributed by atoms with Crippen molar-refractivity contribution in [3.8, 4) is 0 Å². The molecule has 0 radical (unpaired) electrons. The number of thiophene rings is 1. The van der Waals surface area contributed by atoms with Gasteiger partial charge in [0.2, 0.25) is 5.91 Å². The third-order valence-electron chi connectivity index (χ3n) is 4.32. The van der Waals surface area contributed by atoms with Crippen LogP contribution in [0.15, 0.2) is 40.8 Å². The lowest BCUT2D eigenvalue weighted by Crippen LogP contribution is -2.24. The molecule has 0 aliphatic carbocycles. The average molecular weight is 353 g/mol. The number of hydrogen-bond acceptors (Lipinski definition) is 5. The van der Waals surface area contributed by atoms with Crippen LogP contribution >= 0.6 is 11.3 Å². The summed E-state index contributed by atoms with van der Waals surface area (Å²) in [7, 11) is 0. The van der Waals surface area contributed by atoms with Crippen molar-refractivity contribution < 1.29 is 9.59 Å². The fourth-order valence-corrected chi connectivity index (χ4v) is 3.72. The summed E-state index contributed by atoms with van der Waals surface area (Å²) in [5, 5.41) is 5.19. The maximum absolute atomic E-state index is 12.6. The molecule has 1 aromatic carbocycles. The maximum atomic E-state index is 12.6. The van der Waals surface area contributed by atoms with Gasteiger partial charge in [0.1, 0.15) is 4.83 Å². The van der Waals surface area contributed by atoms with E-state index in [1.165, 1.54) is 22.2 Å². The summed E-state index contributed by atoms with van der Waals surface area (Å²) in [5.74, 6) is -0.156. The molecule has 3 aromatic rings. The van der Waals surface area contributed by atoms with E-state index in [2.05, 4.69) is 10.3 Å². The second kappa shape index (κ2) is 6.25. The van der Waals surface area contributed by atoms with Crippen LogP contribution in [0.5, 0.6) is 0 Å². The summed E-state index contributed by atoms with van der Waals surface area (Å²) in [6.45, 7) is -0.0528. The summed E-state index contributed by atoms with van der Waals surface area (Å²) in [6, 6.07) is 6.98. The SMILES string of the molecule is O=C1CCCc2cc(C(=O)Cn3cnc4sccc4c3=O)ccc2N1. The summed E-state index contributed by atoms with van der Waals surface area (Å²) in [4.78, 5) is 41.5. The van der Waals surface area contributed by atoms with Crippen molar-refractivity contribution in [3.05, 3.63) is 57.5 Å². The lowest BCUT2D eigenvalue weighted by molar-refractivity contribution is -0.116. The molecule has 1 aliphatic rings. The standard InChI is InChI=1S/C18H15N3O3S/c22-15(9-21-10-19-17-13(18(21)24)6-7-25-17)12-4-5-14-11(8-12)2-1-3-16(23)20-14/h4-8,10H,1-3,9H2,(H,20,23). The lowest BCUT2D eigenvalue weighted by atomic mass is 10.0. The Morgan fingerprint density at radius 1 is 1.24 bits per heavy atom. The van der Waals surface area contributed by atoms with Gasteiger partial charge in [-0.2, -0.15) is 0 Å². The molecule has 7 heteroatoms. The maximum Gasteiger partial charge on any atom is 0.262 e. The minimum atomic E-state index is -0.207. The highest BCUT2D eigenvalue weighted by molar-refractivity contribution is 7.16. The molecule has 1 aliphatic heterocycles. The van der Waals surface area contributed by atoms with E-state index in [0.29, 0.717) is 22.2 Å². The summed E-state index contributed by atoms with van der Waals surface area (Å²) in [6.07, 6.45) is 3.41. The zero-order valence-electron chi connectivity index (χ0n) is 13.3. The molecule has 4 rings (SSSR count). The molecule has 0 fully saturated rings. The first-order valence-electron chi connectivity index (χ1n) is 8.00. The first kappa shape index (κ1) is 15.7. The summed E-state index contributed by atoms with van der Waals surface area (Å²) < 4.78 is 1.34. The van der Waals surface area contributed by atoms with Crippen molar-refractivity contribution >= 4 is 38.9 Å². The highest BCUT2D eigenvalue weighted by Crippen LogP contribution is 2.23. The Morgan fingerprint density at radius 2 is 2.12 bits per heavy atom. The quantitative estimate of drug-likeness (QED) is 0.734. The number of fused-ring (bicyclic) bond motifs is 2. The van der Waals surface area contributed by atoms with Crippen molar-refractivity contribution in [2.45, 2.75) is 25.8 Å². The summed E-state index contributed by atoms with van der Waals surface area (Å²) >= 11 is 1.40. The largest absolute Gasteiger partial charge is 0.326 e. The van der Waals surface area contributed by atoms with E-state index in [-0.39, 0.29) is 23.8 Å². The van der Waals surface area contributed by atoms with E-state index in [0.717, 1.165) is 24.1 Å². The molecule has 1 N–H and O–H groups in total. The first-order valence-corrected chi connectivity index (χ1v) is 8.88. The van der Waals surface area contributed by atoms with Gasteiger partial charge in [0.05, 0.1) is 18.3 Å². The van der Waals surface area contributed by atoms with Crippen LogP contribution in [0.3, 0.4) is 0 Å². The van der Waals surface area contributed by atoms with Gasteiger partial charge in [-0.3, -0.25) is 19.0 Å². The molecular formula is C18H15N3O3S. The fourth-order valence-electron chi connectivity index (χ4n) is 3.00. The normalized spacial score (nSPS) is 14.0. The molecule has 0 atom stereocenters. The number of ketones is 1. The number of anilines is 1. The highest BCUT2D eigenvalue weighted by Gasteiger charge is 2.16. The highest BCUT2D eigenvalue weighted by atomic mass is 32.1. The average Bonchev–Trinajstić information content (AvgIpc) is 3.00. The molecule has 0 spiro atoms. The monoisotopic (exact) mass is 353 g/mol. The van der Waals surface area contributed by atoms with E-state index >= 15 is 0 Å². The van der Waals surface area contributed by atoms with Gasteiger partial charge in [-0.15, -0.1) is 11.3 Å². The van der Waals surface area contributed by atoms with Crippen molar-refractivity contribution in [3.63, 3.8) is 0 Å². The molecule has 0 unspecified atom stereocenters. The zero-order chi connectivity index (χ0) is 17.4. The van der Waals surface area contributed by atoms with Crippen molar-refractivity contribution in [1.82, 2.24) is 9.55 Å². The number of amides is 1. The molecule has 0 saturated heterocycles. The second-order valence-electron chi connectivity index (χ2n) is 6.01. The smallest absolute Gasteiger partial charge is 0.262 e. The number of rotatable bonds is 3. The van der Waals surface area contributed by atoms with Crippen LogP contribution in [0.2, 0.25) is 0 Å². The number of nitrogens with one attached hydrogen (secondary N) is 1. The number of benzene rings is 1. The van der Waals surface area contributed by atoms with E-state index in [1.54, 1.807) is 18.2 Å². The number of carbonyl (C=O) groups is 2. The molecule has 6 nitrogen and oxygen atoms in total. The van der Waals surface area contributed by atoms with Gasteiger partial charge in [-0.25, -0.2) is 4.98 Å². The Bertz CT molecular complexity index is 1050. The number of aryl methyl sites for hydroxylation is 1. The van der Waals surface area contributed by atoms with E-state index in [1.807, 2.05) is 11.4 Å². The molecule has 2 aromatic heterocycles. The third kappa shape index (κ3) is 2.98. The Kier molecular flexibility index (Phi) is 3.93. The van der Waals surface area contributed by atoms with Crippen molar-refractivity contribution in [2.75, 3.05) is 5.32 Å². The van der Waals surface area contributed by atoms with Crippen LogP contribution in [-0.2, 0) is 17.8 Å². The van der Waals surface area contributed by atoms with Gasteiger partial charge in [-0.1, -0.05) is 0 Å². The predicted octanol–water partition coefficient (Wildman–Crippen LogP) is 2.62. The minimum Gasteiger partial charge on any atom is -0.326 e. The topological polar surface area (TPSA) is 81.1 Å². The van der Waals surface area contributed by atoms with Gasteiger partial charge in [0, 0.05) is 17.7 Å². The number of carbonyl (C=O) groups excluding carboxylic acids is 2. The Morgan fingerprint density at radius 3 is 3.00 bits per heavy atom. The van der Waals surface area contributed by atoms with E-state index in [4.69, 9.17) is 0 Å². The fraction of sp³-hybridized carbons (Fsp3) is 0.222. The molecule has 0 bridgehead atoms. The van der Waals surface area contributed by atoms with Gasteiger partial charge < -0.3 is 5.32 Å². The molecule has 126 valence electrons. The number of hydrogen-bond donors (Lipinski definition) is 1. The molecular weight excluding hydrogens is 338 g/mol. The Balaban J connectivity index is 1.62. The van der Waals surface area contributed by atoms with Crippen molar-refractivity contribution in [2.24, 2.45) is 0 Å². The van der Waals surface area contributed by atoms with Crippen LogP contribution in [0.4, 0.5) is 5.69 Å². The first-order chi connectivity index (χ1) is 12.1. The van der Waals surface area contributed by atoms with Crippen LogP contribution < -0.4 is 10.9 Å². The Labute approximate surface area is 147 Å². The van der Waals surface area contributed by atoms with E-state index in [9.17, 15) is 14.4 Å².